The molecule has 0 spiro atoms. The molecule has 0 radical (unpaired) electrons. The molecule has 2 rings (SSSR count). The number of rotatable bonds is 5. The zero-order chi connectivity index (χ0) is 16.8. The SMILES string of the molecule is CCNC(=NCc1nnc(C)n1C)N(C)Cc1ccccc1C. The smallest absolute Gasteiger partial charge is 0.194 e. The number of aliphatic imine (C=N–C) groups is 1. The molecule has 0 atom stereocenters. The third-order valence-corrected chi connectivity index (χ3v) is 3.92. The number of guanidine groups is 1. The summed E-state index contributed by atoms with van der Waals surface area (Å²) in [6, 6.07) is 8.42. The second kappa shape index (κ2) is 7.76. The van der Waals surface area contributed by atoms with Crippen molar-refractivity contribution in [3.63, 3.8) is 0 Å². The van der Waals surface area contributed by atoms with Crippen LogP contribution < -0.4 is 5.32 Å². The summed E-state index contributed by atoms with van der Waals surface area (Å²) in [5.41, 5.74) is 2.59. The molecule has 1 heterocycles. The first-order chi connectivity index (χ1) is 11.0. The summed E-state index contributed by atoms with van der Waals surface area (Å²) in [4.78, 5) is 6.83. The molecule has 0 aliphatic carbocycles. The largest absolute Gasteiger partial charge is 0.357 e. The Morgan fingerprint density at radius 1 is 1.26 bits per heavy atom. The minimum absolute atomic E-state index is 0.512. The molecule has 0 bridgehead atoms. The molecule has 0 saturated carbocycles. The molecule has 0 fully saturated rings. The molecular formula is C17H26N6. The van der Waals surface area contributed by atoms with E-state index in [2.05, 4.69) is 65.6 Å². The van der Waals surface area contributed by atoms with Gasteiger partial charge in [-0.25, -0.2) is 4.99 Å². The standard InChI is InChI=1S/C17H26N6/c1-6-18-17(19-11-16-21-20-14(3)23(16)5)22(4)12-15-10-8-7-9-13(15)2/h7-10H,6,11-12H2,1-5H3,(H,18,19). The molecule has 0 unspecified atom stereocenters. The zero-order valence-corrected chi connectivity index (χ0v) is 14.7. The van der Waals surface area contributed by atoms with Crippen LogP contribution in [-0.4, -0.2) is 39.2 Å². The molecule has 124 valence electrons. The van der Waals surface area contributed by atoms with Gasteiger partial charge < -0.3 is 14.8 Å². The number of nitrogens with zero attached hydrogens (tertiary/aromatic N) is 5. The molecule has 0 amide bonds. The van der Waals surface area contributed by atoms with Gasteiger partial charge in [-0.1, -0.05) is 24.3 Å². The molecule has 1 aromatic carbocycles. The lowest BCUT2D eigenvalue weighted by molar-refractivity contribution is 0.475. The van der Waals surface area contributed by atoms with Crippen molar-refractivity contribution in [3.05, 3.63) is 47.0 Å². The van der Waals surface area contributed by atoms with Gasteiger partial charge in [0.05, 0.1) is 0 Å². The fraction of sp³-hybridized carbons (Fsp3) is 0.471. The summed E-state index contributed by atoms with van der Waals surface area (Å²) >= 11 is 0. The Morgan fingerprint density at radius 2 is 2.00 bits per heavy atom. The third-order valence-electron chi connectivity index (χ3n) is 3.92. The molecule has 23 heavy (non-hydrogen) atoms. The van der Waals surface area contributed by atoms with Crippen molar-refractivity contribution in [2.24, 2.45) is 12.0 Å². The first-order valence-electron chi connectivity index (χ1n) is 7.91. The van der Waals surface area contributed by atoms with Crippen molar-refractivity contribution in [2.45, 2.75) is 33.9 Å². The zero-order valence-electron chi connectivity index (χ0n) is 14.7. The van der Waals surface area contributed by atoms with Crippen LogP contribution in [0.5, 0.6) is 0 Å². The quantitative estimate of drug-likeness (QED) is 0.678. The van der Waals surface area contributed by atoms with Crippen molar-refractivity contribution >= 4 is 5.96 Å². The van der Waals surface area contributed by atoms with Crippen molar-refractivity contribution in [2.75, 3.05) is 13.6 Å². The van der Waals surface area contributed by atoms with Gasteiger partial charge in [-0.3, -0.25) is 0 Å². The predicted molar refractivity (Wildman–Crippen MR) is 93.2 cm³/mol. The molecule has 0 aliphatic heterocycles. The first-order valence-corrected chi connectivity index (χ1v) is 7.91. The Hall–Kier alpha value is -2.37. The van der Waals surface area contributed by atoms with Crippen LogP contribution in [-0.2, 0) is 20.1 Å². The van der Waals surface area contributed by atoms with E-state index in [1.807, 2.05) is 18.5 Å². The fourth-order valence-electron chi connectivity index (χ4n) is 2.32. The fourth-order valence-corrected chi connectivity index (χ4v) is 2.32. The van der Waals surface area contributed by atoms with Crippen LogP contribution in [0.4, 0.5) is 0 Å². The van der Waals surface area contributed by atoms with Crippen LogP contribution in [0.1, 0.15) is 29.7 Å². The average molecular weight is 314 g/mol. The Morgan fingerprint density at radius 3 is 2.61 bits per heavy atom. The highest BCUT2D eigenvalue weighted by Crippen LogP contribution is 2.10. The minimum Gasteiger partial charge on any atom is -0.357 e. The molecule has 6 heteroatoms. The lowest BCUT2D eigenvalue weighted by Crippen LogP contribution is -2.38. The highest BCUT2D eigenvalue weighted by molar-refractivity contribution is 5.79. The van der Waals surface area contributed by atoms with Gasteiger partial charge in [0.1, 0.15) is 12.4 Å². The van der Waals surface area contributed by atoms with Crippen molar-refractivity contribution in [3.8, 4) is 0 Å². The van der Waals surface area contributed by atoms with Crippen LogP contribution >= 0.6 is 0 Å². The number of aryl methyl sites for hydroxylation is 2. The van der Waals surface area contributed by atoms with E-state index in [0.717, 1.165) is 30.7 Å². The number of hydrogen-bond acceptors (Lipinski definition) is 3. The highest BCUT2D eigenvalue weighted by atomic mass is 15.3. The van der Waals surface area contributed by atoms with E-state index in [9.17, 15) is 0 Å². The summed E-state index contributed by atoms with van der Waals surface area (Å²) in [7, 11) is 4.01. The lowest BCUT2D eigenvalue weighted by atomic mass is 10.1. The summed E-state index contributed by atoms with van der Waals surface area (Å²) in [6.07, 6.45) is 0. The normalized spacial score (nSPS) is 11.6. The Bertz CT molecular complexity index is 673. The summed E-state index contributed by atoms with van der Waals surface area (Å²) < 4.78 is 1.97. The molecule has 6 nitrogen and oxygen atoms in total. The topological polar surface area (TPSA) is 58.3 Å². The van der Waals surface area contributed by atoms with Gasteiger partial charge in [0.25, 0.3) is 0 Å². The summed E-state index contributed by atoms with van der Waals surface area (Å²) in [6.45, 7) is 8.30. The van der Waals surface area contributed by atoms with Crippen molar-refractivity contribution in [1.29, 1.82) is 0 Å². The maximum absolute atomic E-state index is 4.69. The van der Waals surface area contributed by atoms with Gasteiger partial charge in [0.2, 0.25) is 0 Å². The van der Waals surface area contributed by atoms with Crippen LogP contribution in [0.2, 0.25) is 0 Å². The second-order valence-corrected chi connectivity index (χ2v) is 5.68. The summed E-state index contributed by atoms with van der Waals surface area (Å²) in [5, 5.41) is 11.6. The van der Waals surface area contributed by atoms with Crippen molar-refractivity contribution < 1.29 is 0 Å². The Labute approximate surface area is 138 Å². The third kappa shape index (κ3) is 4.31. The van der Waals surface area contributed by atoms with E-state index in [4.69, 9.17) is 4.99 Å². The van der Waals surface area contributed by atoms with Crippen LogP contribution in [0, 0.1) is 13.8 Å². The van der Waals surface area contributed by atoms with E-state index in [-0.39, 0.29) is 0 Å². The number of hydrogen-bond donors (Lipinski definition) is 1. The Kier molecular flexibility index (Phi) is 5.73. The molecule has 1 aromatic heterocycles. The van der Waals surface area contributed by atoms with Gasteiger partial charge in [0.15, 0.2) is 11.8 Å². The van der Waals surface area contributed by atoms with E-state index in [0.29, 0.717) is 6.54 Å². The first kappa shape index (κ1) is 17.0. The lowest BCUT2D eigenvalue weighted by Gasteiger charge is -2.23. The highest BCUT2D eigenvalue weighted by Gasteiger charge is 2.09. The van der Waals surface area contributed by atoms with Gasteiger partial charge in [0, 0.05) is 27.2 Å². The average Bonchev–Trinajstić information content (AvgIpc) is 2.85. The monoisotopic (exact) mass is 314 g/mol. The van der Waals surface area contributed by atoms with E-state index in [1.54, 1.807) is 0 Å². The van der Waals surface area contributed by atoms with Crippen LogP contribution in [0.25, 0.3) is 0 Å². The number of aromatic nitrogens is 3. The maximum Gasteiger partial charge on any atom is 0.194 e. The van der Waals surface area contributed by atoms with Crippen LogP contribution in [0.3, 0.4) is 0 Å². The predicted octanol–water partition coefficient (Wildman–Crippen LogP) is 2.03. The molecular weight excluding hydrogens is 288 g/mol. The minimum atomic E-state index is 0.512. The molecule has 2 aromatic rings. The Balaban J connectivity index is 2.11. The van der Waals surface area contributed by atoms with Gasteiger partial charge in [-0.2, -0.15) is 0 Å². The number of benzene rings is 1. The van der Waals surface area contributed by atoms with E-state index in [1.165, 1.54) is 11.1 Å². The van der Waals surface area contributed by atoms with E-state index >= 15 is 0 Å². The molecule has 0 saturated heterocycles. The van der Waals surface area contributed by atoms with E-state index < -0.39 is 0 Å². The van der Waals surface area contributed by atoms with Gasteiger partial charge in [-0.05, 0) is 31.9 Å². The molecule has 1 N–H and O–H groups in total. The van der Waals surface area contributed by atoms with Gasteiger partial charge in [-0.15, -0.1) is 10.2 Å². The van der Waals surface area contributed by atoms with Crippen molar-refractivity contribution in [1.82, 2.24) is 25.0 Å². The second-order valence-electron chi connectivity index (χ2n) is 5.68. The summed E-state index contributed by atoms with van der Waals surface area (Å²) in [5.74, 6) is 2.63. The van der Waals surface area contributed by atoms with Gasteiger partial charge >= 0.3 is 0 Å². The maximum atomic E-state index is 4.69. The number of nitrogens with one attached hydrogen (secondary N) is 1. The van der Waals surface area contributed by atoms with Crippen LogP contribution in [0.15, 0.2) is 29.3 Å². The molecule has 0 aliphatic rings.